The summed E-state index contributed by atoms with van der Waals surface area (Å²) in [7, 11) is 5.64. The predicted molar refractivity (Wildman–Crippen MR) is 100 cm³/mol. The van der Waals surface area contributed by atoms with Gasteiger partial charge in [-0.15, -0.1) is 0 Å². The molecule has 0 aliphatic carbocycles. The first-order chi connectivity index (χ1) is 12.0. The zero-order valence-electron chi connectivity index (χ0n) is 14.5. The lowest BCUT2D eigenvalue weighted by Crippen LogP contribution is -2.18. The highest BCUT2D eigenvalue weighted by atomic mass is 79.9. The summed E-state index contributed by atoms with van der Waals surface area (Å²) in [6.07, 6.45) is 7.40. The molecule has 0 atom stereocenters. The molecule has 0 fully saturated rings. The minimum absolute atomic E-state index is 0.688. The summed E-state index contributed by atoms with van der Waals surface area (Å²) in [5.41, 5.74) is 3.11. The quantitative estimate of drug-likeness (QED) is 0.634. The van der Waals surface area contributed by atoms with Gasteiger partial charge in [0.2, 0.25) is 0 Å². The predicted octanol–water partition coefficient (Wildman–Crippen LogP) is 3.28. The number of benzene rings is 1. The molecule has 7 heteroatoms. The molecule has 1 aromatic carbocycles. The van der Waals surface area contributed by atoms with E-state index in [9.17, 15) is 0 Å². The summed E-state index contributed by atoms with van der Waals surface area (Å²) in [6.45, 7) is 1.52. The van der Waals surface area contributed by atoms with Crippen molar-refractivity contribution in [2.45, 2.75) is 13.1 Å². The zero-order chi connectivity index (χ0) is 17.8. The minimum Gasteiger partial charge on any atom is -0.496 e. The Morgan fingerprint density at radius 1 is 1.16 bits per heavy atom. The van der Waals surface area contributed by atoms with Gasteiger partial charge in [-0.25, -0.2) is 9.97 Å². The third kappa shape index (κ3) is 4.43. The molecule has 0 spiro atoms. The van der Waals surface area contributed by atoms with Crippen molar-refractivity contribution in [2.24, 2.45) is 7.05 Å². The number of hydrogen-bond acceptors (Lipinski definition) is 5. The van der Waals surface area contributed by atoms with Crippen molar-refractivity contribution in [3.63, 3.8) is 0 Å². The van der Waals surface area contributed by atoms with E-state index in [2.05, 4.69) is 49.0 Å². The van der Waals surface area contributed by atoms with Gasteiger partial charge in [0.15, 0.2) is 5.82 Å². The maximum atomic E-state index is 5.44. The molecular formula is C18H20BrN5O. The number of aromatic nitrogens is 4. The molecule has 6 nitrogen and oxygen atoms in total. The molecule has 0 radical (unpaired) electrons. The standard InChI is InChI=1S/C18H20BrN5O/c1-23(11-14-6-16(19)4-5-17(14)25-3)10-13-7-20-18(21-8-13)15-9-22-24(2)12-15/h4-9,12H,10-11H2,1-3H3. The second kappa shape index (κ2) is 7.76. The maximum absolute atomic E-state index is 5.44. The third-order valence-corrected chi connectivity index (χ3v) is 4.30. The van der Waals surface area contributed by atoms with Crippen LogP contribution in [0.1, 0.15) is 11.1 Å². The van der Waals surface area contributed by atoms with Crippen molar-refractivity contribution in [1.29, 1.82) is 0 Å². The van der Waals surface area contributed by atoms with Gasteiger partial charge in [-0.05, 0) is 25.2 Å². The Bertz CT molecular complexity index is 847. The summed E-state index contributed by atoms with van der Waals surface area (Å²) in [6, 6.07) is 6.03. The maximum Gasteiger partial charge on any atom is 0.162 e. The summed E-state index contributed by atoms with van der Waals surface area (Å²) >= 11 is 3.51. The molecule has 0 aliphatic rings. The van der Waals surface area contributed by atoms with Gasteiger partial charge in [-0.2, -0.15) is 5.10 Å². The molecule has 0 saturated carbocycles. The van der Waals surface area contributed by atoms with E-state index in [4.69, 9.17) is 4.74 Å². The average Bonchev–Trinajstić information content (AvgIpc) is 3.02. The summed E-state index contributed by atoms with van der Waals surface area (Å²) < 4.78 is 8.22. The van der Waals surface area contributed by atoms with Crippen LogP contribution in [-0.2, 0) is 20.1 Å². The van der Waals surface area contributed by atoms with Gasteiger partial charge in [0, 0.05) is 54.3 Å². The van der Waals surface area contributed by atoms with E-state index in [1.165, 1.54) is 0 Å². The van der Waals surface area contributed by atoms with Crippen LogP contribution in [0.3, 0.4) is 0 Å². The first-order valence-electron chi connectivity index (χ1n) is 7.86. The highest BCUT2D eigenvalue weighted by Crippen LogP contribution is 2.24. The number of methoxy groups -OCH3 is 1. The molecule has 0 unspecified atom stereocenters. The minimum atomic E-state index is 0.688. The highest BCUT2D eigenvalue weighted by Gasteiger charge is 2.09. The topological polar surface area (TPSA) is 56.1 Å². The molecule has 2 heterocycles. The number of aryl methyl sites for hydroxylation is 1. The first kappa shape index (κ1) is 17.6. The molecular weight excluding hydrogens is 382 g/mol. The number of hydrogen-bond donors (Lipinski definition) is 0. The lowest BCUT2D eigenvalue weighted by Gasteiger charge is -2.18. The van der Waals surface area contributed by atoms with Crippen LogP contribution in [0, 0.1) is 0 Å². The molecule has 2 aromatic heterocycles. The van der Waals surface area contributed by atoms with Crippen LogP contribution >= 0.6 is 15.9 Å². The molecule has 25 heavy (non-hydrogen) atoms. The number of rotatable bonds is 6. The van der Waals surface area contributed by atoms with Crippen LogP contribution in [0.15, 0.2) is 47.5 Å². The van der Waals surface area contributed by atoms with Crippen molar-refractivity contribution in [3.05, 3.63) is 58.6 Å². The van der Waals surface area contributed by atoms with Crippen LogP contribution in [0.5, 0.6) is 5.75 Å². The van der Waals surface area contributed by atoms with Crippen LogP contribution in [0.4, 0.5) is 0 Å². The molecule has 0 N–H and O–H groups in total. The highest BCUT2D eigenvalue weighted by molar-refractivity contribution is 9.10. The van der Waals surface area contributed by atoms with E-state index in [1.807, 2.05) is 37.8 Å². The van der Waals surface area contributed by atoms with Gasteiger partial charge in [0.25, 0.3) is 0 Å². The normalized spacial score (nSPS) is 11.1. The van der Waals surface area contributed by atoms with Gasteiger partial charge in [-0.3, -0.25) is 9.58 Å². The van der Waals surface area contributed by atoms with Crippen LogP contribution in [-0.4, -0.2) is 38.8 Å². The van der Waals surface area contributed by atoms with Gasteiger partial charge in [0.05, 0.1) is 18.9 Å². The third-order valence-electron chi connectivity index (χ3n) is 3.80. The van der Waals surface area contributed by atoms with Crippen molar-refractivity contribution in [1.82, 2.24) is 24.6 Å². The van der Waals surface area contributed by atoms with E-state index >= 15 is 0 Å². The van der Waals surface area contributed by atoms with Crippen molar-refractivity contribution >= 4 is 15.9 Å². The van der Waals surface area contributed by atoms with Crippen molar-refractivity contribution in [3.8, 4) is 17.1 Å². The number of nitrogens with zero attached hydrogens (tertiary/aromatic N) is 5. The SMILES string of the molecule is COc1ccc(Br)cc1CN(C)Cc1cnc(-c2cnn(C)c2)nc1. The number of ether oxygens (including phenoxy) is 1. The fraction of sp³-hybridized carbons (Fsp3) is 0.278. The molecule has 3 rings (SSSR count). The first-order valence-corrected chi connectivity index (χ1v) is 8.65. The lowest BCUT2D eigenvalue weighted by molar-refractivity contribution is 0.309. The van der Waals surface area contributed by atoms with Crippen LogP contribution in [0.2, 0.25) is 0 Å². The Balaban J connectivity index is 1.67. The molecule has 0 bridgehead atoms. The average molecular weight is 402 g/mol. The van der Waals surface area contributed by atoms with Gasteiger partial charge in [-0.1, -0.05) is 15.9 Å². The Morgan fingerprint density at radius 3 is 2.56 bits per heavy atom. The van der Waals surface area contributed by atoms with E-state index in [0.717, 1.165) is 40.0 Å². The van der Waals surface area contributed by atoms with Crippen LogP contribution < -0.4 is 4.74 Å². The Hall–Kier alpha value is -2.25. The van der Waals surface area contributed by atoms with Gasteiger partial charge >= 0.3 is 0 Å². The molecule has 3 aromatic rings. The molecule has 0 saturated heterocycles. The Labute approximate surface area is 155 Å². The Kier molecular flexibility index (Phi) is 5.45. The van der Waals surface area contributed by atoms with Gasteiger partial charge < -0.3 is 4.74 Å². The molecule has 0 aliphatic heterocycles. The number of halogens is 1. The monoisotopic (exact) mass is 401 g/mol. The lowest BCUT2D eigenvalue weighted by atomic mass is 10.2. The Morgan fingerprint density at radius 2 is 1.92 bits per heavy atom. The van der Waals surface area contributed by atoms with E-state index in [-0.39, 0.29) is 0 Å². The van der Waals surface area contributed by atoms with Crippen molar-refractivity contribution < 1.29 is 4.74 Å². The summed E-state index contributed by atoms with van der Waals surface area (Å²) in [5, 5.41) is 4.15. The zero-order valence-corrected chi connectivity index (χ0v) is 16.1. The summed E-state index contributed by atoms with van der Waals surface area (Å²) in [4.78, 5) is 11.1. The van der Waals surface area contributed by atoms with Crippen LogP contribution in [0.25, 0.3) is 11.4 Å². The fourth-order valence-electron chi connectivity index (χ4n) is 2.65. The fourth-order valence-corrected chi connectivity index (χ4v) is 3.06. The van der Waals surface area contributed by atoms with Gasteiger partial charge in [0.1, 0.15) is 5.75 Å². The molecule has 130 valence electrons. The summed E-state index contributed by atoms with van der Waals surface area (Å²) in [5.74, 6) is 1.58. The smallest absolute Gasteiger partial charge is 0.162 e. The van der Waals surface area contributed by atoms with E-state index in [0.29, 0.717) is 5.82 Å². The molecule has 0 amide bonds. The van der Waals surface area contributed by atoms with Crippen molar-refractivity contribution in [2.75, 3.05) is 14.2 Å². The van der Waals surface area contributed by atoms with E-state index < -0.39 is 0 Å². The second-order valence-electron chi connectivity index (χ2n) is 5.95. The second-order valence-corrected chi connectivity index (χ2v) is 6.86. The van der Waals surface area contributed by atoms with E-state index in [1.54, 1.807) is 18.0 Å². The largest absolute Gasteiger partial charge is 0.496 e.